The summed E-state index contributed by atoms with van der Waals surface area (Å²) in [7, 11) is 0. The van der Waals surface area contributed by atoms with E-state index < -0.39 is 0 Å². The first-order chi connectivity index (χ1) is 12.1. The van der Waals surface area contributed by atoms with E-state index in [9.17, 15) is 9.59 Å². The highest BCUT2D eigenvalue weighted by Gasteiger charge is 2.18. The normalized spacial score (nSPS) is 10.3. The van der Waals surface area contributed by atoms with Crippen LogP contribution < -0.4 is 10.1 Å². The van der Waals surface area contributed by atoms with E-state index >= 15 is 0 Å². The first-order valence-electron chi connectivity index (χ1n) is 7.95. The van der Waals surface area contributed by atoms with Crippen molar-refractivity contribution in [3.8, 4) is 5.75 Å². The molecule has 1 aromatic heterocycles. The van der Waals surface area contributed by atoms with E-state index in [4.69, 9.17) is 16.3 Å². The number of amides is 2. The first-order valence-corrected chi connectivity index (χ1v) is 8.32. The van der Waals surface area contributed by atoms with Crippen molar-refractivity contribution in [1.82, 2.24) is 10.1 Å². The molecular formula is C17H20ClN3O4. The highest BCUT2D eigenvalue weighted by molar-refractivity contribution is 6.30. The molecule has 25 heavy (non-hydrogen) atoms. The molecule has 0 spiro atoms. The summed E-state index contributed by atoms with van der Waals surface area (Å²) in [5, 5.41) is 6.77. The summed E-state index contributed by atoms with van der Waals surface area (Å²) in [6.45, 7) is 2.27. The second kappa shape index (κ2) is 9.68. The van der Waals surface area contributed by atoms with Gasteiger partial charge in [-0.3, -0.25) is 9.59 Å². The Morgan fingerprint density at radius 3 is 2.68 bits per heavy atom. The van der Waals surface area contributed by atoms with E-state index in [1.807, 2.05) is 6.92 Å². The lowest BCUT2D eigenvalue weighted by atomic mass is 10.3. The van der Waals surface area contributed by atoms with Crippen LogP contribution in [0.4, 0.5) is 5.82 Å². The zero-order chi connectivity index (χ0) is 18.1. The number of aromatic nitrogens is 1. The lowest BCUT2D eigenvalue weighted by Gasteiger charge is -2.22. The molecule has 2 amide bonds. The third-order valence-electron chi connectivity index (χ3n) is 3.35. The average molecular weight is 366 g/mol. The van der Waals surface area contributed by atoms with Crippen LogP contribution in [0, 0.1) is 0 Å². The summed E-state index contributed by atoms with van der Waals surface area (Å²) < 4.78 is 10.1. The van der Waals surface area contributed by atoms with Crippen molar-refractivity contribution >= 4 is 29.2 Å². The van der Waals surface area contributed by atoms with Crippen LogP contribution in [-0.4, -0.2) is 41.6 Å². The van der Waals surface area contributed by atoms with Gasteiger partial charge < -0.3 is 19.5 Å². The fraction of sp³-hybridized carbons (Fsp3) is 0.353. The molecule has 1 heterocycles. The fourth-order valence-corrected chi connectivity index (χ4v) is 2.17. The number of hydrogen-bond acceptors (Lipinski definition) is 5. The molecule has 8 heteroatoms. The zero-order valence-electron chi connectivity index (χ0n) is 13.9. The van der Waals surface area contributed by atoms with Gasteiger partial charge in [-0.15, -0.1) is 0 Å². The van der Waals surface area contributed by atoms with E-state index in [-0.39, 0.29) is 25.0 Å². The Morgan fingerprint density at radius 2 is 2.04 bits per heavy atom. The number of ether oxygens (including phenoxy) is 1. The predicted molar refractivity (Wildman–Crippen MR) is 93.6 cm³/mol. The Hall–Kier alpha value is -2.54. The molecule has 0 radical (unpaired) electrons. The van der Waals surface area contributed by atoms with Gasteiger partial charge in [0.1, 0.15) is 18.6 Å². The summed E-state index contributed by atoms with van der Waals surface area (Å²) in [5.74, 6) is 0.245. The molecule has 1 aromatic carbocycles. The quantitative estimate of drug-likeness (QED) is 0.738. The monoisotopic (exact) mass is 365 g/mol. The fourth-order valence-electron chi connectivity index (χ4n) is 2.04. The average Bonchev–Trinajstić information content (AvgIpc) is 3.10. The highest BCUT2D eigenvalue weighted by Crippen LogP contribution is 2.15. The smallest absolute Gasteiger partial charge is 0.260 e. The minimum Gasteiger partial charge on any atom is -0.484 e. The number of nitrogens with zero attached hydrogens (tertiary/aromatic N) is 2. The van der Waals surface area contributed by atoms with Gasteiger partial charge in [0.15, 0.2) is 12.4 Å². The van der Waals surface area contributed by atoms with Crippen molar-refractivity contribution in [3.63, 3.8) is 0 Å². The lowest BCUT2D eigenvalue weighted by Crippen LogP contribution is -2.41. The van der Waals surface area contributed by atoms with Crippen molar-refractivity contribution in [2.24, 2.45) is 0 Å². The van der Waals surface area contributed by atoms with Crippen molar-refractivity contribution in [1.29, 1.82) is 0 Å². The van der Waals surface area contributed by atoms with Crippen LogP contribution in [0.2, 0.25) is 5.02 Å². The van der Waals surface area contributed by atoms with E-state index in [0.717, 1.165) is 12.8 Å². The number of nitrogens with one attached hydrogen (secondary N) is 1. The number of benzene rings is 1. The maximum atomic E-state index is 12.4. The SMILES string of the molecule is CCCCN(CC(=O)Nc1ccon1)C(=O)COc1ccc(Cl)cc1. The number of anilines is 1. The molecule has 0 aliphatic rings. The Kier molecular flexibility index (Phi) is 7.28. The molecule has 0 aliphatic carbocycles. The Labute approximate surface area is 150 Å². The summed E-state index contributed by atoms with van der Waals surface area (Å²) in [5.41, 5.74) is 0. The molecule has 134 valence electrons. The van der Waals surface area contributed by atoms with E-state index in [2.05, 4.69) is 15.0 Å². The predicted octanol–water partition coefficient (Wildman–Crippen LogP) is 2.97. The maximum Gasteiger partial charge on any atom is 0.260 e. The molecule has 0 atom stereocenters. The second-order valence-electron chi connectivity index (χ2n) is 5.34. The maximum absolute atomic E-state index is 12.4. The largest absolute Gasteiger partial charge is 0.484 e. The topological polar surface area (TPSA) is 84.7 Å². The molecule has 0 unspecified atom stereocenters. The van der Waals surface area contributed by atoms with Gasteiger partial charge in [0, 0.05) is 17.6 Å². The first kappa shape index (κ1) is 18.8. The van der Waals surface area contributed by atoms with E-state index in [1.165, 1.54) is 17.2 Å². The van der Waals surface area contributed by atoms with Gasteiger partial charge in [0.25, 0.3) is 5.91 Å². The molecule has 2 aromatic rings. The van der Waals surface area contributed by atoms with Gasteiger partial charge in [0.2, 0.25) is 5.91 Å². The van der Waals surface area contributed by atoms with Crippen LogP contribution in [0.25, 0.3) is 0 Å². The molecule has 0 fully saturated rings. The zero-order valence-corrected chi connectivity index (χ0v) is 14.7. The van der Waals surface area contributed by atoms with Crippen LogP contribution >= 0.6 is 11.6 Å². The van der Waals surface area contributed by atoms with Crippen LogP contribution in [0.15, 0.2) is 41.1 Å². The second-order valence-corrected chi connectivity index (χ2v) is 5.78. The van der Waals surface area contributed by atoms with E-state index in [0.29, 0.717) is 23.1 Å². The summed E-state index contributed by atoms with van der Waals surface area (Å²) >= 11 is 5.81. The van der Waals surface area contributed by atoms with Crippen LogP contribution in [0.5, 0.6) is 5.75 Å². The summed E-state index contributed by atoms with van der Waals surface area (Å²) in [4.78, 5) is 25.9. The van der Waals surface area contributed by atoms with Gasteiger partial charge in [-0.1, -0.05) is 30.1 Å². The third kappa shape index (κ3) is 6.46. The standard InChI is InChI=1S/C17H20ClN3O4/c1-2-3-9-21(11-16(22)19-15-8-10-25-20-15)17(23)12-24-14-6-4-13(18)5-7-14/h4-8,10H,2-3,9,11-12H2,1H3,(H,19,20,22). The molecule has 2 rings (SSSR count). The van der Waals surface area contributed by atoms with Crippen molar-refractivity contribution in [2.75, 3.05) is 25.0 Å². The summed E-state index contributed by atoms with van der Waals surface area (Å²) in [6.07, 6.45) is 3.06. The van der Waals surface area contributed by atoms with Gasteiger partial charge in [-0.2, -0.15) is 0 Å². The molecule has 0 saturated carbocycles. The number of halogens is 1. The lowest BCUT2D eigenvalue weighted by molar-refractivity contribution is -0.136. The molecular weight excluding hydrogens is 346 g/mol. The van der Waals surface area contributed by atoms with Crippen LogP contribution in [0.1, 0.15) is 19.8 Å². The van der Waals surface area contributed by atoms with Gasteiger partial charge in [0.05, 0.1) is 0 Å². The van der Waals surface area contributed by atoms with Crippen LogP contribution in [-0.2, 0) is 9.59 Å². The van der Waals surface area contributed by atoms with Gasteiger partial charge in [-0.25, -0.2) is 0 Å². The Balaban J connectivity index is 1.89. The van der Waals surface area contributed by atoms with Gasteiger partial charge in [-0.05, 0) is 30.7 Å². The minimum atomic E-state index is -0.343. The highest BCUT2D eigenvalue weighted by atomic mass is 35.5. The van der Waals surface area contributed by atoms with Gasteiger partial charge >= 0.3 is 0 Å². The number of carbonyl (C=O) groups excluding carboxylic acids is 2. The molecule has 0 bridgehead atoms. The van der Waals surface area contributed by atoms with Crippen LogP contribution in [0.3, 0.4) is 0 Å². The van der Waals surface area contributed by atoms with Crippen molar-refractivity contribution in [2.45, 2.75) is 19.8 Å². The number of hydrogen-bond donors (Lipinski definition) is 1. The molecule has 0 saturated heterocycles. The Morgan fingerprint density at radius 1 is 1.28 bits per heavy atom. The number of carbonyl (C=O) groups is 2. The van der Waals surface area contributed by atoms with Crippen molar-refractivity contribution in [3.05, 3.63) is 41.6 Å². The molecule has 0 aliphatic heterocycles. The molecule has 1 N–H and O–H groups in total. The number of rotatable bonds is 9. The van der Waals surface area contributed by atoms with E-state index in [1.54, 1.807) is 24.3 Å². The third-order valence-corrected chi connectivity index (χ3v) is 3.60. The summed E-state index contributed by atoms with van der Waals surface area (Å²) in [6, 6.07) is 8.26. The minimum absolute atomic E-state index is 0.0737. The van der Waals surface area contributed by atoms with Crippen molar-refractivity contribution < 1.29 is 18.8 Å². The molecule has 7 nitrogen and oxygen atoms in total. The Bertz CT molecular complexity index is 674. The number of unbranched alkanes of at least 4 members (excludes halogenated alkanes) is 1.